The molecule has 0 unspecified atom stereocenters. The Hall–Kier alpha value is -2.24. The van der Waals surface area contributed by atoms with Crippen LogP contribution in [0.2, 0.25) is 0 Å². The first kappa shape index (κ1) is 22.1. The summed E-state index contributed by atoms with van der Waals surface area (Å²) in [6, 6.07) is 5.01. The van der Waals surface area contributed by atoms with Crippen LogP contribution in [0.15, 0.2) is 18.2 Å². The molecule has 0 spiro atoms. The number of methoxy groups -OCH3 is 1. The molecule has 1 aromatic rings. The number of amides is 1. The Labute approximate surface area is 167 Å². The molecular formula is C22H33NO5. The molecule has 1 aliphatic carbocycles. The average molecular weight is 392 g/mol. The molecule has 2 rings (SSSR count). The van der Waals surface area contributed by atoms with E-state index in [9.17, 15) is 9.59 Å². The van der Waals surface area contributed by atoms with Crippen molar-refractivity contribution in [3.8, 4) is 11.5 Å². The van der Waals surface area contributed by atoms with E-state index in [4.69, 9.17) is 14.2 Å². The maximum Gasteiger partial charge on any atom is 0.338 e. The molecule has 3 atom stereocenters. The van der Waals surface area contributed by atoms with Gasteiger partial charge in [-0.2, -0.15) is 0 Å². The summed E-state index contributed by atoms with van der Waals surface area (Å²) < 4.78 is 16.2. The summed E-state index contributed by atoms with van der Waals surface area (Å²) in [5, 5.41) is 3.00. The fraction of sp³-hybridized carbons (Fsp3) is 0.636. The smallest absolute Gasteiger partial charge is 0.338 e. The standard InChI is InChI=1S/C22H33NO5/c1-14(2)12-27-19-10-9-17(11-20(19)26-5)22(25)28-13-21(24)23-18-8-6-7-15(3)16(18)4/h9-11,14-16,18H,6-8,12-13H2,1-5H3,(H,23,24)/t15-,16+,18+/m0/s1. The van der Waals surface area contributed by atoms with E-state index >= 15 is 0 Å². The number of carbonyl (C=O) groups excluding carboxylic acids is 2. The highest BCUT2D eigenvalue weighted by atomic mass is 16.5. The second-order valence-corrected chi connectivity index (χ2v) is 8.09. The Bertz CT molecular complexity index is 673. The zero-order valence-electron chi connectivity index (χ0n) is 17.6. The minimum absolute atomic E-state index is 0.146. The Morgan fingerprint density at radius 2 is 1.93 bits per heavy atom. The fourth-order valence-corrected chi connectivity index (χ4v) is 3.42. The number of carbonyl (C=O) groups is 2. The number of nitrogens with one attached hydrogen (secondary N) is 1. The van der Waals surface area contributed by atoms with Gasteiger partial charge < -0.3 is 19.5 Å². The predicted molar refractivity (Wildman–Crippen MR) is 108 cm³/mol. The van der Waals surface area contributed by atoms with Crippen molar-refractivity contribution in [1.29, 1.82) is 0 Å². The van der Waals surface area contributed by atoms with Crippen LogP contribution >= 0.6 is 0 Å². The summed E-state index contributed by atoms with van der Waals surface area (Å²) >= 11 is 0. The minimum atomic E-state index is -0.561. The van der Waals surface area contributed by atoms with Crippen molar-refractivity contribution in [1.82, 2.24) is 5.32 Å². The first-order valence-corrected chi connectivity index (χ1v) is 10.1. The third-order valence-electron chi connectivity index (χ3n) is 5.36. The summed E-state index contributed by atoms with van der Waals surface area (Å²) in [4.78, 5) is 24.5. The van der Waals surface area contributed by atoms with Crippen molar-refractivity contribution in [2.45, 2.75) is 53.0 Å². The van der Waals surface area contributed by atoms with Crippen LogP contribution in [0, 0.1) is 17.8 Å². The van der Waals surface area contributed by atoms with Crippen molar-refractivity contribution >= 4 is 11.9 Å². The molecule has 28 heavy (non-hydrogen) atoms. The molecule has 1 N–H and O–H groups in total. The lowest BCUT2D eigenvalue weighted by molar-refractivity contribution is -0.125. The van der Waals surface area contributed by atoms with E-state index in [1.165, 1.54) is 13.5 Å². The number of benzene rings is 1. The van der Waals surface area contributed by atoms with E-state index in [0.717, 1.165) is 12.8 Å². The highest BCUT2D eigenvalue weighted by Gasteiger charge is 2.28. The summed E-state index contributed by atoms with van der Waals surface area (Å²) in [6.07, 6.45) is 3.28. The Kier molecular flexibility index (Phi) is 8.15. The van der Waals surface area contributed by atoms with Gasteiger partial charge in [-0.1, -0.05) is 40.5 Å². The van der Waals surface area contributed by atoms with Crippen molar-refractivity contribution in [2.24, 2.45) is 17.8 Å². The highest BCUT2D eigenvalue weighted by Crippen LogP contribution is 2.30. The van der Waals surface area contributed by atoms with Gasteiger partial charge >= 0.3 is 5.97 Å². The zero-order valence-corrected chi connectivity index (χ0v) is 17.6. The van der Waals surface area contributed by atoms with Crippen molar-refractivity contribution < 1.29 is 23.8 Å². The maximum absolute atomic E-state index is 12.3. The van der Waals surface area contributed by atoms with Gasteiger partial charge in [0.25, 0.3) is 5.91 Å². The van der Waals surface area contributed by atoms with Crippen LogP contribution in [0.1, 0.15) is 57.3 Å². The summed E-state index contributed by atoms with van der Waals surface area (Å²) in [5.74, 6) is 1.61. The lowest BCUT2D eigenvalue weighted by Crippen LogP contribution is -2.45. The molecule has 6 nitrogen and oxygen atoms in total. The molecule has 1 saturated carbocycles. The monoisotopic (exact) mass is 391 g/mol. The molecule has 0 radical (unpaired) electrons. The molecule has 1 amide bonds. The second-order valence-electron chi connectivity index (χ2n) is 8.09. The molecule has 156 valence electrons. The van der Waals surface area contributed by atoms with Gasteiger partial charge in [-0.25, -0.2) is 4.79 Å². The summed E-state index contributed by atoms with van der Waals surface area (Å²) in [5.41, 5.74) is 0.321. The van der Waals surface area contributed by atoms with Gasteiger partial charge in [0.15, 0.2) is 18.1 Å². The average Bonchev–Trinajstić information content (AvgIpc) is 2.67. The number of hydrogen-bond acceptors (Lipinski definition) is 5. The topological polar surface area (TPSA) is 73.9 Å². The Morgan fingerprint density at radius 1 is 1.18 bits per heavy atom. The van der Waals surface area contributed by atoms with Gasteiger partial charge in [0.1, 0.15) is 0 Å². The fourth-order valence-electron chi connectivity index (χ4n) is 3.42. The first-order valence-electron chi connectivity index (χ1n) is 10.1. The quantitative estimate of drug-likeness (QED) is 0.682. The number of esters is 1. The van der Waals surface area contributed by atoms with Gasteiger partial charge in [-0.05, 0) is 42.4 Å². The third-order valence-corrected chi connectivity index (χ3v) is 5.36. The van der Waals surface area contributed by atoms with Crippen LogP contribution in [0.25, 0.3) is 0 Å². The zero-order chi connectivity index (χ0) is 20.7. The van der Waals surface area contributed by atoms with Crippen molar-refractivity contribution in [3.63, 3.8) is 0 Å². The molecule has 0 heterocycles. The third kappa shape index (κ3) is 6.14. The summed E-state index contributed by atoms with van der Waals surface area (Å²) in [6.45, 7) is 8.75. The van der Waals surface area contributed by atoms with Crippen LogP contribution in [0.4, 0.5) is 0 Å². The van der Waals surface area contributed by atoms with E-state index in [0.29, 0.717) is 41.4 Å². The number of hydrogen-bond donors (Lipinski definition) is 1. The molecule has 1 fully saturated rings. The Morgan fingerprint density at radius 3 is 2.61 bits per heavy atom. The van der Waals surface area contributed by atoms with Crippen molar-refractivity contribution in [3.05, 3.63) is 23.8 Å². The van der Waals surface area contributed by atoms with E-state index in [-0.39, 0.29) is 18.6 Å². The van der Waals surface area contributed by atoms with Gasteiger partial charge in [0, 0.05) is 6.04 Å². The largest absolute Gasteiger partial charge is 0.493 e. The lowest BCUT2D eigenvalue weighted by atomic mass is 9.78. The summed E-state index contributed by atoms with van der Waals surface area (Å²) in [7, 11) is 1.52. The van der Waals surface area contributed by atoms with Crippen molar-refractivity contribution in [2.75, 3.05) is 20.3 Å². The minimum Gasteiger partial charge on any atom is -0.493 e. The molecule has 0 saturated heterocycles. The normalized spacial score (nSPS) is 21.9. The van der Waals surface area contributed by atoms with Crippen LogP contribution in [-0.4, -0.2) is 38.2 Å². The highest BCUT2D eigenvalue weighted by molar-refractivity contribution is 5.92. The van der Waals surface area contributed by atoms with Gasteiger partial charge in [0.2, 0.25) is 0 Å². The van der Waals surface area contributed by atoms with E-state index in [2.05, 4.69) is 33.0 Å². The second kappa shape index (κ2) is 10.3. The predicted octanol–water partition coefficient (Wildman–Crippen LogP) is 3.83. The maximum atomic E-state index is 12.3. The number of rotatable bonds is 8. The molecule has 6 heteroatoms. The van der Waals surface area contributed by atoms with E-state index in [1.807, 2.05) is 0 Å². The molecule has 0 bridgehead atoms. The van der Waals surface area contributed by atoms with Gasteiger partial charge in [0.05, 0.1) is 19.3 Å². The van der Waals surface area contributed by atoms with Gasteiger partial charge in [-0.15, -0.1) is 0 Å². The molecule has 1 aliphatic rings. The van der Waals surface area contributed by atoms with E-state index in [1.54, 1.807) is 18.2 Å². The SMILES string of the molecule is COc1cc(C(=O)OCC(=O)N[C@@H]2CCC[C@H](C)[C@H]2C)ccc1OCC(C)C. The van der Waals surface area contributed by atoms with E-state index < -0.39 is 5.97 Å². The number of ether oxygens (including phenoxy) is 3. The van der Waals surface area contributed by atoms with Crippen LogP contribution in [-0.2, 0) is 9.53 Å². The first-order chi connectivity index (χ1) is 13.3. The lowest BCUT2D eigenvalue weighted by Gasteiger charge is -2.34. The van der Waals surface area contributed by atoms with Gasteiger partial charge in [-0.3, -0.25) is 4.79 Å². The molecular weight excluding hydrogens is 358 g/mol. The Balaban J connectivity index is 1.89. The van der Waals surface area contributed by atoms with Crippen LogP contribution < -0.4 is 14.8 Å². The van der Waals surface area contributed by atoms with Crippen LogP contribution in [0.5, 0.6) is 11.5 Å². The molecule has 0 aromatic heterocycles. The van der Waals surface area contributed by atoms with Crippen LogP contribution in [0.3, 0.4) is 0 Å². The molecule has 1 aromatic carbocycles. The molecule has 0 aliphatic heterocycles.